The number of hydrazone groups is 1. The summed E-state index contributed by atoms with van der Waals surface area (Å²) in [6.45, 7) is 2.27. The highest BCUT2D eigenvalue weighted by Gasteiger charge is 2.13. The Morgan fingerprint density at radius 3 is 2.65 bits per heavy atom. The van der Waals surface area contributed by atoms with Crippen molar-refractivity contribution in [2.75, 3.05) is 6.61 Å². The fourth-order valence-electron chi connectivity index (χ4n) is 3.26. The molecule has 0 saturated heterocycles. The van der Waals surface area contributed by atoms with Gasteiger partial charge >= 0.3 is 0 Å². The van der Waals surface area contributed by atoms with Crippen molar-refractivity contribution in [3.63, 3.8) is 0 Å². The Bertz CT molecular complexity index is 1250. The number of phenols is 1. The van der Waals surface area contributed by atoms with Crippen LogP contribution < -0.4 is 10.2 Å². The Morgan fingerprint density at radius 1 is 1.06 bits per heavy atom. The zero-order chi connectivity index (χ0) is 21.6. The third-order valence-electron chi connectivity index (χ3n) is 4.73. The molecule has 6 nitrogen and oxygen atoms in total. The van der Waals surface area contributed by atoms with E-state index in [2.05, 4.69) is 15.5 Å². The van der Waals surface area contributed by atoms with Gasteiger partial charge in [0, 0.05) is 16.5 Å². The summed E-state index contributed by atoms with van der Waals surface area (Å²) >= 11 is 0. The van der Waals surface area contributed by atoms with Crippen molar-refractivity contribution < 1.29 is 14.6 Å². The lowest BCUT2D eigenvalue weighted by atomic mass is 10.0. The van der Waals surface area contributed by atoms with Crippen molar-refractivity contribution in [2.45, 2.75) is 6.92 Å². The zero-order valence-corrected chi connectivity index (χ0v) is 16.9. The largest absolute Gasteiger partial charge is 0.504 e. The van der Waals surface area contributed by atoms with Crippen LogP contribution in [0.5, 0.6) is 11.5 Å². The molecule has 0 fully saturated rings. The molecule has 1 aromatic heterocycles. The summed E-state index contributed by atoms with van der Waals surface area (Å²) in [7, 11) is 0. The Kier molecular flexibility index (Phi) is 5.89. The first kappa shape index (κ1) is 20.1. The van der Waals surface area contributed by atoms with Gasteiger partial charge in [0.1, 0.15) is 0 Å². The molecule has 0 unspecified atom stereocenters. The molecule has 4 rings (SSSR count). The first-order valence-electron chi connectivity index (χ1n) is 9.90. The van der Waals surface area contributed by atoms with Crippen LogP contribution in [0.3, 0.4) is 0 Å². The van der Waals surface area contributed by atoms with Crippen molar-refractivity contribution >= 4 is 23.0 Å². The lowest BCUT2D eigenvalue weighted by Crippen LogP contribution is -2.18. The van der Waals surface area contributed by atoms with Crippen LogP contribution in [0.4, 0.5) is 0 Å². The highest BCUT2D eigenvalue weighted by atomic mass is 16.5. The number of aromatic nitrogens is 1. The predicted octanol–water partition coefficient (Wildman–Crippen LogP) is 4.77. The van der Waals surface area contributed by atoms with E-state index in [0.29, 0.717) is 29.2 Å². The Morgan fingerprint density at radius 2 is 1.84 bits per heavy atom. The molecule has 154 valence electrons. The van der Waals surface area contributed by atoms with Crippen molar-refractivity contribution in [2.24, 2.45) is 5.10 Å². The van der Waals surface area contributed by atoms with E-state index in [9.17, 15) is 9.90 Å². The molecule has 31 heavy (non-hydrogen) atoms. The van der Waals surface area contributed by atoms with Crippen LogP contribution >= 0.6 is 0 Å². The summed E-state index contributed by atoms with van der Waals surface area (Å²) < 4.78 is 5.37. The summed E-state index contributed by atoms with van der Waals surface area (Å²) in [6, 6.07) is 24.0. The van der Waals surface area contributed by atoms with Crippen LogP contribution in [0.1, 0.15) is 22.8 Å². The van der Waals surface area contributed by atoms with E-state index in [1.165, 1.54) is 6.21 Å². The number of nitrogens with zero attached hydrogens (tertiary/aromatic N) is 2. The standard InChI is InChI=1S/C25H21N3O3/c1-2-31-23-14-8-11-18(24(23)29)16-26-28-25(30)20-15-22(17-9-4-3-5-10-17)27-21-13-7-6-12-19(20)21/h3-16,29H,2H2,1H3,(H,28,30). The lowest BCUT2D eigenvalue weighted by molar-refractivity contribution is 0.0956. The van der Waals surface area contributed by atoms with Crippen molar-refractivity contribution in [1.82, 2.24) is 10.4 Å². The maximum absolute atomic E-state index is 12.9. The molecule has 0 radical (unpaired) electrons. The van der Waals surface area contributed by atoms with Gasteiger partial charge in [-0.25, -0.2) is 10.4 Å². The predicted molar refractivity (Wildman–Crippen MR) is 122 cm³/mol. The normalized spacial score (nSPS) is 11.0. The lowest BCUT2D eigenvalue weighted by Gasteiger charge is -2.09. The smallest absolute Gasteiger partial charge is 0.272 e. The molecule has 0 aliphatic rings. The van der Waals surface area contributed by atoms with Crippen molar-refractivity contribution in [3.05, 3.63) is 90.0 Å². The Balaban J connectivity index is 1.64. The van der Waals surface area contributed by atoms with Gasteiger partial charge in [-0.15, -0.1) is 0 Å². The molecular formula is C25H21N3O3. The molecule has 0 aliphatic carbocycles. The maximum atomic E-state index is 12.9. The molecule has 0 saturated carbocycles. The average molecular weight is 411 g/mol. The van der Waals surface area contributed by atoms with E-state index in [1.807, 2.05) is 61.5 Å². The molecule has 1 heterocycles. The molecule has 0 bridgehead atoms. The third kappa shape index (κ3) is 4.38. The number of rotatable bonds is 6. The molecular weight excluding hydrogens is 390 g/mol. The van der Waals surface area contributed by atoms with Gasteiger partial charge in [0.25, 0.3) is 5.91 Å². The van der Waals surface area contributed by atoms with E-state index in [1.54, 1.807) is 24.3 Å². The monoisotopic (exact) mass is 411 g/mol. The van der Waals surface area contributed by atoms with Gasteiger partial charge in [-0.3, -0.25) is 4.79 Å². The van der Waals surface area contributed by atoms with E-state index in [4.69, 9.17) is 4.74 Å². The number of para-hydroxylation sites is 2. The topological polar surface area (TPSA) is 83.8 Å². The van der Waals surface area contributed by atoms with E-state index in [0.717, 1.165) is 16.5 Å². The average Bonchev–Trinajstić information content (AvgIpc) is 2.81. The fraction of sp³-hybridized carbons (Fsp3) is 0.0800. The first-order chi connectivity index (χ1) is 15.2. The van der Waals surface area contributed by atoms with Gasteiger partial charge in [-0.2, -0.15) is 5.10 Å². The minimum Gasteiger partial charge on any atom is -0.504 e. The molecule has 2 N–H and O–H groups in total. The van der Waals surface area contributed by atoms with Crippen LogP contribution in [0, 0.1) is 0 Å². The molecule has 1 amide bonds. The van der Waals surface area contributed by atoms with Gasteiger partial charge < -0.3 is 9.84 Å². The summed E-state index contributed by atoms with van der Waals surface area (Å²) in [6.07, 6.45) is 1.39. The van der Waals surface area contributed by atoms with Crippen LogP contribution in [0.25, 0.3) is 22.2 Å². The SMILES string of the molecule is CCOc1cccc(C=NNC(=O)c2cc(-c3ccccc3)nc3ccccc23)c1O. The number of aromatic hydroxyl groups is 1. The number of amides is 1. The first-order valence-corrected chi connectivity index (χ1v) is 9.90. The fourth-order valence-corrected chi connectivity index (χ4v) is 3.26. The van der Waals surface area contributed by atoms with E-state index >= 15 is 0 Å². The number of carbonyl (C=O) groups is 1. The summed E-state index contributed by atoms with van der Waals surface area (Å²) in [5.74, 6) is -0.0269. The second-order valence-corrected chi connectivity index (χ2v) is 6.76. The maximum Gasteiger partial charge on any atom is 0.272 e. The van der Waals surface area contributed by atoms with Gasteiger partial charge in [-0.1, -0.05) is 54.6 Å². The second kappa shape index (κ2) is 9.09. The molecule has 3 aromatic carbocycles. The molecule has 6 heteroatoms. The summed E-state index contributed by atoms with van der Waals surface area (Å²) in [5.41, 5.74) is 5.80. The molecule has 0 spiro atoms. The second-order valence-electron chi connectivity index (χ2n) is 6.76. The number of phenolic OH excluding ortho intramolecular Hbond substituents is 1. The highest BCUT2D eigenvalue weighted by molar-refractivity contribution is 6.07. The van der Waals surface area contributed by atoms with Gasteiger partial charge in [0.05, 0.1) is 29.6 Å². The number of carbonyl (C=O) groups excluding carboxylic acids is 1. The van der Waals surface area contributed by atoms with Crippen LogP contribution in [0.2, 0.25) is 0 Å². The van der Waals surface area contributed by atoms with Gasteiger partial charge in [0.15, 0.2) is 11.5 Å². The number of ether oxygens (including phenoxy) is 1. The minimum absolute atomic E-state index is 0.0249. The Hall–Kier alpha value is -4.19. The quantitative estimate of drug-likeness (QED) is 0.354. The number of hydrogen-bond donors (Lipinski definition) is 2. The Labute approximate surface area is 179 Å². The number of hydrogen-bond acceptors (Lipinski definition) is 5. The third-order valence-corrected chi connectivity index (χ3v) is 4.73. The molecule has 0 aliphatic heterocycles. The van der Waals surface area contributed by atoms with Crippen molar-refractivity contribution in [3.8, 4) is 22.8 Å². The molecule has 4 aromatic rings. The number of nitrogens with one attached hydrogen (secondary N) is 1. The summed E-state index contributed by atoms with van der Waals surface area (Å²) in [4.78, 5) is 17.6. The number of benzene rings is 3. The van der Waals surface area contributed by atoms with Crippen LogP contribution in [0.15, 0.2) is 84.0 Å². The van der Waals surface area contributed by atoms with Gasteiger partial charge in [0.2, 0.25) is 0 Å². The number of pyridine rings is 1. The highest BCUT2D eigenvalue weighted by Crippen LogP contribution is 2.28. The van der Waals surface area contributed by atoms with Crippen molar-refractivity contribution in [1.29, 1.82) is 0 Å². The van der Waals surface area contributed by atoms with Gasteiger partial charge in [-0.05, 0) is 31.2 Å². The summed E-state index contributed by atoms with van der Waals surface area (Å²) in [5, 5.41) is 15.0. The minimum atomic E-state index is -0.368. The van der Waals surface area contributed by atoms with E-state index in [-0.39, 0.29) is 11.7 Å². The van der Waals surface area contributed by atoms with Crippen LogP contribution in [-0.2, 0) is 0 Å². The van der Waals surface area contributed by atoms with Crippen LogP contribution in [-0.4, -0.2) is 28.8 Å². The number of fused-ring (bicyclic) bond motifs is 1. The zero-order valence-electron chi connectivity index (χ0n) is 16.9. The van der Waals surface area contributed by atoms with E-state index < -0.39 is 0 Å². The molecule has 0 atom stereocenters.